The predicted octanol–water partition coefficient (Wildman–Crippen LogP) is 7.58. The Morgan fingerprint density at radius 3 is 1.86 bits per heavy atom. The quantitative estimate of drug-likeness (QED) is 0.349. The topological polar surface area (TPSA) is 0 Å². The summed E-state index contributed by atoms with van der Waals surface area (Å²) in [5.74, 6) is 0.645. The van der Waals surface area contributed by atoms with E-state index in [4.69, 9.17) is 0 Å². The Kier molecular flexibility index (Phi) is 10.3. The van der Waals surface area contributed by atoms with E-state index in [1.165, 1.54) is 81.8 Å². The molecule has 0 aromatic heterocycles. The SMILES string of the molecule is CCCCCCCCCCCCc1cc(C(C)C)ccc1C. The molecule has 0 unspecified atom stereocenters. The summed E-state index contributed by atoms with van der Waals surface area (Å²) in [6.45, 7) is 9.12. The van der Waals surface area contributed by atoms with Crippen molar-refractivity contribution in [2.75, 3.05) is 0 Å². The van der Waals surface area contributed by atoms with Crippen LogP contribution in [0, 0.1) is 6.92 Å². The van der Waals surface area contributed by atoms with Crippen LogP contribution in [0.25, 0.3) is 0 Å². The summed E-state index contributed by atoms with van der Waals surface area (Å²) in [6.07, 6.45) is 15.5. The average molecular weight is 303 g/mol. The van der Waals surface area contributed by atoms with Crippen LogP contribution in [0.2, 0.25) is 0 Å². The highest BCUT2D eigenvalue weighted by atomic mass is 14.1. The molecule has 1 rings (SSSR count). The normalized spacial score (nSPS) is 11.3. The Labute approximate surface area is 139 Å². The number of aryl methyl sites for hydroxylation is 2. The van der Waals surface area contributed by atoms with Crippen molar-refractivity contribution in [1.82, 2.24) is 0 Å². The molecule has 0 radical (unpaired) electrons. The molecule has 0 bridgehead atoms. The highest BCUT2D eigenvalue weighted by molar-refractivity contribution is 5.32. The summed E-state index contributed by atoms with van der Waals surface area (Å²) < 4.78 is 0. The molecule has 22 heavy (non-hydrogen) atoms. The van der Waals surface area contributed by atoms with Crippen molar-refractivity contribution >= 4 is 0 Å². The number of benzene rings is 1. The Bertz CT molecular complexity index is 389. The van der Waals surface area contributed by atoms with Gasteiger partial charge in [0.1, 0.15) is 0 Å². The van der Waals surface area contributed by atoms with Crippen molar-refractivity contribution in [3.8, 4) is 0 Å². The van der Waals surface area contributed by atoms with Crippen LogP contribution < -0.4 is 0 Å². The van der Waals surface area contributed by atoms with Crippen molar-refractivity contribution in [1.29, 1.82) is 0 Å². The lowest BCUT2D eigenvalue weighted by Gasteiger charge is -2.11. The molecule has 1 aromatic carbocycles. The molecule has 0 aliphatic heterocycles. The molecule has 126 valence electrons. The van der Waals surface area contributed by atoms with Crippen molar-refractivity contribution in [2.45, 2.75) is 104 Å². The van der Waals surface area contributed by atoms with E-state index >= 15 is 0 Å². The summed E-state index contributed by atoms with van der Waals surface area (Å²) in [5, 5.41) is 0. The molecular weight excluding hydrogens is 264 g/mol. The number of unbranched alkanes of at least 4 members (excludes halogenated alkanes) is 9. The van der Waals surface area contributed by atoms with Gasteiger partial charge in [0.2, 0.25) is 0 Å². The Morgan fingerprint density at radius 1 is 0.773 bits per heavy atom. The molecule has 0 saturated heterocycles. The van der Waals surface area contributed by atoms with Gasteiger partial charge in [-0.1, -0.05) is 96.8 Å². The number of hydrogen-bond donors (Lipinski definition) is 0. The van der Waals surface area contributed by atoms with Crippen LogP contribution >= 0.6 is 0 Å². The van der Waals surface area contributed by atoms with Gasteiger partial charge in [0.05, 0.1) is 0 Å². The van der Waals surface area contributed by atoms with Gasteiger partial charge >= 0.3 is 0 Å². The predicted molar refractivity (Wildman–Crippen MR) is 101 cm³/mol. The van der Waals surface area contributed by atoms with E-state index in [1.807, 2.05) is 0 Å². The molecule has 0 heterocycles. The maximum atomic E-state index is 2.44. The third kappa shape index (κ3) is 8.01. The highest BCUT2D eigenvalue weighted by Crippen LogP contribution is 2.20. The smallest absolute Gasteiger partial charge is 0.0219 e. The fraction of sp³-hybridized carbons (Fsp3) is 0.727. The minimum absolute atomic E-state index is 0.645. The van der Waals surface area contributed by atoms with Crippen LogP contribution in [-0.2, 0) is 6.42 Å². The third-order valence-corrected chi connectivity index (χ3v) is 4.84. The zero-order valence-corrected chi connectivity index (χ0v) is 15.6. The lowest BCUT2D eigenvalue weighted by atomic mass is 9.95. The van der Waals surface area contributed by atoms with E-state index in [9.17, 15) is 0 Å². The Balaban J connectivity index is 2.11. The largest absolute Gasteiger partial charge is 0.0654 e. The fourth-order valence-electron chi connectivity index (χ4n) is 3.12. The van der Waals surface area contributed by atoms with Crippen molar-refractivity contribution in [3.63, 3.8) is 0 Å². The van der Waals surface area contributed by atoms with Gasteiger partial charge in [-0.3, -0.25) is 0 Å². The van der Waals surface area contributed by atoms with Crippen LogP contribution in [0.4, 0.5) is 0 Å². The highest BCUT2D eigenvalue weighted by Gasteiger charge is 2.03. The van der Waals surface area contributed by atoms with Crippen LogP contribution in [0.5, 0.6) is 0 Å². The van der Waals surface area contributed by atoms with Crippen LogP contribution in [-0.4, -0.2) is 0 Å². The van der Waals surface area contributed by atoms with Gasteiger partial charge in [0.25, 0.3) is 0 Å². The van der Waals surface area contributed by atoms with E-state index in [-0.39, 0.29) is 0 Å². The summed E-state index contributed by atoms with van der Waals surface area (Å²) in [7, 11) is 0. The van der Waals surface area contributed by atoms with Gasteiger partial charge in [-0.15, -0.1) is 0 Å². The second-order valence-corrected chi connectivity index (χ2v) is 7.27. The minimum Gasteiger partial charge on any atom is -0.0654 e. The monoisotopic (exact) mass is 302 g/mol. The van der Waals surface area contributed by atoms with E-state index in [0.717, 1.165) is 0 Å². The second-order valence-electron chi connectivity index (χ2n) is 7.27. The fourth-order valence-corrected chi connectivity index (χ4v) is 3.12. The lowest BCUT2D eigenvalue weighted by molar-refractivity contribution is 0.556. The molecular formula is C22H38. The van der Waals surface area contributed by atoms with Gasteiger partial charge in [-0.2, -0.15) is 0 Å². The minimum atomic E-state index is 0.645. The van der Waals surface area contributed by atoms with E-state index in [0.29, 0.717) is 5.92 Å². The van der Waals surface area contributed by atoms with Crippen molar-refractivity contribution in [3.05, 3.63) is 34.9 Å². The summed E-state index contributed by atoms with van der Waals surface area (Å²) in [5.41, 5.74) is 4.54. The molecule has 0 saturated carbocycles. The molecule has 0 aliphatic rings. The van der Waals surface area contributed by atoms with E-state index in [1.54, 1.807) is 5.56 Å². The Morgan fingerprint density at radius 2 is 1.32 bits per heavy atom. The third-order valence-electron chi connectivity index (χ3n) is 4.84. The number of hydrogen-bond acceptors (Lipinski definition) is 0. The van der Waals surface area contributed by atoms with E-state index < -0.39 is 0 Å². The molecule has 0 aliphatic carbocycles. The molecule has 1 aromatic rings. The first-order valence-electron chi connectivity index (χ1n) is 9.74. The van der Waals surface area contributed by atoms with E-state index in [2.05, 4.69) is 45.9 Å². The first-order chi connectivity index (χ1) is 10.6. The zero-order valence-electron chi connectivity index (χ0n) is 15.6. The molecule has 0 fully saturated rings. The molecule has 0 nitrogen and oxygen atoms in total. The van der Waals surface area contributed by atoms with Crippen molar-refractivity contribution < 1.29 is 0 Å². The van der Waals surface area contributed by atoms with Gasteiger partial charge in [-0.05, 0) is 42.4 Å². The average Bonchev–Trinajstić information content (AvgIpc) is 2.50. The molecule has 0 spiro atoms. The van der Waals surface area contributed by atoms with Gasteiger partial charge in [-0.25, -0.2) is 0 Å². The summed E-state index contributed by atoms with van der Waals surface area (Å²) in [4.78, 5) is 0. The zero-order chi connectivity index (χ0) is 16.2. The second kappa shape index (κ2) is 11.7. The number of rotatable bonds is 12. The first-order valence-corrected chi connectivity index (χ1v) is 9.74. The summed E-state index contributed by atoms with van der Waals surface area (Å²) in [6, 6.07) is 7.04. The van der Waals surface area contributed by atoms with Gasteiger partial charge in [0.15, 0.2) is 0 Å². The van der Waals surface area contributed by atoms with Gasteiger partial charge in [0, 0.05) is 0 Å². The van der Waals surface area contributed by atoms with Crippen molar-refractivity contribution in [2.24, 2.45) is 0 Å². The molecule has 0 heteroatoms. The maximum Gasteiger partial charge on any atom is -0.0219 e. The lowest BCUT2D eigenvalue weighted by Crippen LogP contribution is -1.95. The first kappa shape index (κ1) is 19.3. The Hall–Kier alpha value is -0.780. The van der Waals surface area contributed by atoms with Crippen LogP contribution in [0.15, 0.2) is 18.2 Å². The van der Waals surface area contributed by atoms with Crippen LogP contribution in [0.1, 0.15) is 108 Å². The standard InChI is InChI=1S/C22H38/c1-5-6-7-8-9-10-11-12-13-14-15-22-18-21(19(2)3)17-16-20(22)4/h16-19H,5-15H2,1-4H3. The maximum absolute atomic E-state index is 2.44. The summed E-state index contributed by atoms with van der Waals surface area (Å²) >= 11 is 0. The molecule has 0 atom stereocenters. The molecule has 0 amide bonds. The molecule has 0 N–H and O–H groups in total. The van der Waals surface area contributed by atoms with Gasteiger partial charge < -0.3 is 0 Å². The van der Waals surface area contributed by atoms with Crippen LogP contribution in [0.3, 0.4) is 0 Å².